The molecule has 1 aromatic carbocycles. The zero-order chi connectivity index (χ0) is 24.1. The Morgan fingerprint density at radius 1 is 1.29 bits per heavy atom. The van der Waals surface area contributed by atoms with Gasteiger partial charge in [0.1, 0.15) is 5.82 Å². The molecule has 34 heavy (non-hydrogen) atoms. The number of imidazole rings is 1. The smallest absolute Gasteiger partial charge is 0.316 e. The van der Waals surface area contributed by atoms with Crippen molar-refractivity contribution < 1.29 is 23.4 Å². The number of hydrogen-bond acceptors (Lipinski definition) is 8. The van der Waals surface area contributed by atoms with Gasteiger partial charge in [-0.15, -0.1) is 0 Å². The molecule has 1 saturated heterocycles. The van der Waals surface area contributed by atoms with Gasteiger partial charge in [-0.2, -0.15) is 10.2 Å². The maximum Gasteiger partial charge on any atom is 0.316 e. The van der Waals surface area contributed by atoms with E-state index in [0.29, 0.717) is 28.5 Å². The van der Waals surface area contributed by atoms with E-state index in [1.807, 2.05) is 6.07 Å². The number of nitrogens with zero attached hydrogens (tertiary/aromatic N) is 4. The summed E-state index contributed by atoms with van der Waals surface area (Å²) in [4.78, 5) is 28.7. The summed E-state index contributed by atoms with van der Waals surface area (Å²) < 4.78 is 30.3. The van der Waals surface area contributed by atoms with Gasteiger partial charge in [0.05, 0.1) is 55.3 Å². The van der Waals surface area contributed by atoms with Crippen molar-refractivity contribution in [1.29, 1.82) is 5.26 Å². The lowest BCUT2D eigenvalue weighted by Crippen LogP contribution is -2.48. The van der Waals surface area contributed by atoms with Crippen molar-refractivity contribution in [2.24, 2.45) is 5.41 Å². The number of aromatic nitrogens is 4. The summed E-state index contributed by atoms with van der Waals surface area (Å²) in [7, 11) is 1.47. The summed E-state index contributed by atoms with van der Waals surface area (Å²) in [6.45, 7) is 2.19. The second-order valence-corrected chi connectivity index (χ2v) is 7.96. The minimum Gasteiger partial charge on any atom is -0.467 e. The lowest BCUT2D eigenvalue weighted by atomic mass is 9.91. The lowest BCUT2D eigenvalue weighted by molar-refractivity contribution is -0.231. The number of carbonyl (C=O) groups excluding carboxylic acids is 1. The molecular formula is C23H23FN6O4. The number of amides is 1. The maximum absolute atomic E-state index is 13.5. The Balaban J connectivity index is 1.60. The van der Waals surface area contributed by atoms with Crippen LogP contribution in [0.5, 0.6) is 6.01 Å². The minimum absolute atomic E-state index is 0.0965. The van der Waals surface area contributed by atoms with Gasteiger partial charge in [-0.05, 0) is 37.3 Å². The summed E-state index contributed by atoms with van der Waals surface area (Å²) in [5.41, 5.74) is 1.35. The summed E-state index contributed by atoms with van der Waals surface area (Å²) in [6.07, 6.45) is 0.929. The van der Waals surface area contributed by atoms with E-state index >= 15 is 0 Å². The van der Waals surface area contributed by atoms with Crippen LogP contribution in [-0.4, -0.2) is 52.7 Å². The Labute approximate surface area is 195 Å². The predicted molar refractivity (Wildman–Crippen MR) is 118 cm³/mol. The number of hydrogen-bond donors (Lipinski definition) is 2. The van der Waals surface area contributed by atoms with Crippen LogP contribution in [0.2, 0.25) is 0 Å². The highest BCUT2D eigenvalue weighted by Crippen LogP contribution is 2.35. The molecule has 1 aliphatic heterocycles. The molecule has 2 aromatic heterocycles. The summed E-state index contributed by atoms with van der Waals surface area (Å²) in [6, 6.07) is 9.78. The summed E-state index contributed by atoms with van der Waals surface area (Å²) >= 11 is 0. The molecule has 3 aromatic rings. The van der Waals surface area contributed by atoms with Crippen LogP contribution in [0.25, 0.3) is 22.6 Å². The fourth-order valence-electron chi connectivity index (χ4n) is 3.43. The number of nitriles is 1. The SMILES string of the molecule is COc1nccc(-c2[nH]c(C3OCC(C)(C(=O)NCCC#N)CO3)nc2-c2ccc(F)cc2)n1. The molecule has 0 bridgehead atoms. The largest absolute Gasteiger partial charge is 0.467 e. The van der Waals surface area contributed by atoms with Gasteiger partial charge in [-0.3, -0.25) is 4.79 Å². The van der Waals surface area contributed by atoms with E-state index in [2.05, 4.69) is 25.3 Å². The Morgan fingerprint density at radius 3 is 2.71 bits per heavy atom. The van der Waals surface area contributed by atoms with Gasteiger partial charge >= 0.3 is 6.01 Å². The molecule has 0 spiro atoms. The van der Waals surface area contributed by atoms with Crippen LogP contribution in [0.1, 0.15) is 25.5 Å². The standard InChI is InChI=1S/C23H23FN6O4/c1-23(21(31)26-10-3-9-25)12-33-20(34-13-23)19-29-17(14-4-6-15(24)7-5-14)18(30-19)16-8-11-27-22(28-16)32-2/h4-8,11,20H,3,10,12-13H2,1-2H3,(H,26,31)(H,29,30). The molecule has 2 N–H and O–H groups in total. The van der Waals surface area contributed by atoms with E-state index in [-0.39, 0.29) is 43.9 Å². The molecule has 0 saturated carbocycles. The molecular weight excluding hydrogens is 443 g/mol. The highest BCUT2D eigenvalue weighted by Gasteiger charge is 2.40. The Bertz CT molecular complexity index is 1200. The first-order valence-electron chi connectivity index (χ1n) is 10.6. The first kappa shape index (κ1) is 23.3. The van der Waals surface area contributed by atoms with Crippen LogP contribution < -0.4 is 10.1 Å². The van der Waals surface area contributed by atoms with Crippen LogP contribution in [0.4, 0.5) is 4.39 Å². The molecule has 176 valence electrons. The van der Waals surface area contributed by atoms with Crippen LogP contribution >= 0.6 is 0 Å². The molecule has 10 nitrogen and oxygen atoms in total. The monoisotopic (exact) mass is 466 g/mol. The molecule has 4 rings (SSSR count). The first-order chi connectivity index (χ1) is 16.4. The maximum atomic E-state index is 13.5. The van der Waals surface area contributed by atoms with Crippen LogP contribution in [0.3, 0.4) is 0 Å². The normalized spacial score (nSPS) is 19.9. The molecule has 3 heterocycles. The number of carbonyl (C=O) groups is 1. The average Bonchev–Trinajstić information content (AvgIpc) is 3.30. The van der Waals surface area contributed by atoms with Crippen molar-refractivity contribution in [3.63, 3.8) is 0 Å². The average molecular weight is 466 g/mol. The topological polar surface area (TPSA) is 135 Å². The fraction of sp³-hybridized carbons (Fsp3) is 0.348. The van der Waals surface area contributed by atoms with Crippen molar-refractivity contribution in [2.75, 3.05) is 26.9 Å². The van der Waals surface area contributed by atoms with E-state index in [1.54, 1.807) is 31.3 Å². The summed E-state index contributed by atoms with van der Waals surface area (Å²) in [5.74, 6) is -0.240. The number of benzene rings is 1. The molecule has 1 aliphatic rings. The fourth-order valence-corrected chi connectivity index (χ4v) is 3.43. The quantitative estimate of drug-likeness (QED) is 0.508. The minimum atomic E-state index is -0.902. The molecule has 0 radical (unpaired) electrons. The van der Waals surface area contributed by atoms with E-state index in [0.717, 1.165) is 0 Å². The van der Waals surface area contributed by atoms with Crippen molar-refractivity contribution in [2.45, 2.75) is 19.6 Å². The van der Waals surface area contributed by atoms with E-state index in [9.17, 15) is 9.18 Å². The number of aromatic amines is 1. The molecule has 0 atom stereocenters. The third-order valence-corrected chi connectivity index (χ3v) is 5.31. The number of halogens is 1. The van der Waals surface area contributed by atoms with Gasteiger partial charge in [-0.25, -0.2) is 14.4 Å². The van der Waals surface area contributed by atoms with Crippen LogP contribution in [-0.2, 0) is 14.3 Å². The van der Waals surface area contributed by atoms with Crippen molar-refractivity contribution in [3.05, 3.63) is 48.2 Å². The predicted octanol–water partition coefficient (Wildman–Crippen LogP) is 2.76. The van der Waals surface area contributed by atoms with Gasteiger partial charge < -0.3 is 24.5 Å². The number of H-pyrrole nitrogens is 1. The number of rotatable bonds is 7. The van der Waals surface area contributed by atoms with Gasteiger partial charge in [0, 0.05) is 18.3 Å². The molecule has 1 amide bonds. The zero-order valence-corrected chi connectivity index (χ0v) is 18.7. The van der Waals surface area contributed by atoms with Crippen molar-refractivity contribution in [3.8, 4) is 34.7 Å². The Hall–Kier alpha value is -3.88. The van der Waals surface area contributed by atoms with E-state index < -0.39 is 11.7 Å². The van der Waals surface area contributed by atoms with Crippen molar-refractivity contribution in [1.82, 2.24) is 25.3 Å². The van der Waals surface area contributed by atoms with Gasteiger partial charge in [0.15, 0.2) is 5.82 Å². The highest BCUT2D eigenvalue weighted by molar-refractivity contribution is 5.82. The van der Waals surface area contributed by atoms with Gasteiger partial charge in [-0.1, -0.05) is 0 Å². The molecule has 11 heteroatoms. The second-order valence-electron chi connectivity index (χ2n) is 7.96. The van der Waals surface area contributed by atoms with E-state index in [1.165, 1.54) is 19.2 Å². The number of ether oxygens (including phenoxy) is 3. The molecule has 0 aliphatic carbocycles. The van der Waals surface area contributed by atoms with Gasteiger partial charge in [0.2, 0.25) is 12.2 Å². The third kappa shape index (κ3) is 4.88. The Morgan fingerprint density at radius 2 is 2.03 bits per heavy atom. The van der Waals surface area contributed by atoms with Gasteiger partial charge in [0.25, 0.3) is 0 Å². The molecule has 1 fully saturated rings. The zero-order valence-electron chi connectivity index (χ0n) is 18.7. The second kappa shape index (κ2) is 9.94. The van der Waals surface area contributed by atoms with Crippen LogP contribution in [0.15, 0.2) is 36.5 Å². The Kier molecular flexibility index (Phi) is 6.81. The summed E-state index contributed by atoms with van der Waals surface area (Å²) in [5, 5.41) is 11.4. The number of methoxy groups -OCH3 is 1. The van der Waals surface area contributed by atoms with Crippen LogP contribution in [0, 0.1) is 22.6 Å². The highest BCUT2D eigenvalue weighted by atomic mass is 19.1. The number of nitrogens with one attached hydrogen (secondary N) is 2. The van der Waals surface area contributed by atoms with Crippen molar-refractivity contribution >= 4 is 5.91 Å². The third-order valence-electron chi connectivity index (χ3n) is 5.31. The first-order valence-corrected chi connectivity index (χ1v) is 10.6. The lowest BCUT2D eigenvalue weighted by Gasteiger charge is -2.35. The molecule has 0 unspecified atom stereocenters. The van der Waals surface area contributed by atoms with E-state index in [4.69, 9.17) is 19.5 Å².